The zero-order chi connectivity index (χ0) is 16.8. The fourth-order valence-corrected chi connectivity index (χ4v) is 3.30. The van der Waals surface area contributed by atoms with Crippen molar-refractivity contribution in [1.82, 2.24) is 10.6 Å². The van der Waals surface area contributed by atoms with Crippen LogP contribution in [0.15, 0.2) is 53.4 Å². The number of rotatable bonds is 4. The third-order valence-electron chi connectivity index (χ3n) is 3.38. The highest BCUT2D eigenvalue weighted by atomic mass is 32.2. The molecular weight excluding hydrogens is 308 g/mol. The lowest BCUT2D eigenvalue weighted by Gasteiger charge is -2.17. The lowest BCUT2D eigenvalue weighted by atomic mass is 10.1. The topological polar surface area (TPSA) is 58.2 Å². The summed E-state index contributed by atoms with van der Waals surface area (Å²) in [5, 5.41) is 4.28. The van der Waals surface area contributed by atoms with Crippen LogP contribution in [0, 0.1) is 13.8 Å². The Kier molecular flexibility index (Phi) is 5.82. The number of nitrogens with one attached hydrogen (secondary N) is 2. The quantitative estimate of drug-likeness (QED) is 0.843. The lowest BCUT2D eigenvalue weighted by molar-refractivity contribution is -0.119. The molecule has 0 unspecified atom stereocenters. The van der Waals surface area contributed by atoms with Crippen molar-refractivity contribution in [2.45, 2.75) is 24.0 Å². The summed E-state index contributed by atoms with van der Waals surface area (Å²) in [6.07, 6.45) is 0. The third kappa shape index (κ3) is 4.60. The second-order valence-corrected chi connectivity index (χ2v) is 6.39. The second-order valence-electron chi connectivity index (χ2n) is 5.25. The molecule has 0 aliphatic carbocycles. The summed E-state index contributed by atoms with van der Waals surface area (Å²) >= 11 is 1.45. The van der Waals surface area contributed by atoms with Crippen LogP contribution in [0.3, 0.4) is 0 Å². The molecule has 120 valence electrons. The Hall–Kier alpha value is -2.27. The van der Waals surface area contributed by atoms with Gasteiger partial charge in [-0.3, -0.25) is 10.1 Å². The number of thioether (sulfide) groups is 1. The van der Waals surface area contributed by atoms with Gasteiger partial charge in [-0.1, -0.05) is 48.0 Å². The van der Waals surface area contributed by atoms with Crippen molar-refractivity contribution in [1.29, 1.82) is 0 Å². The molecule has 2 N–H and O–H groups in total. The summed E-state index contributed by atoms with van der Waals surface area (Å²) in [6.45, 7) is 4.06. The highest BCUT2D eigenvalue weighted by Gasteiger charge is 2.24. The SMILES string of the molecule is CNC(=O)NC(=O)[C@@H](Sc1ccc(C)cc1C)c1ccccc1. The lowest BCUT2D eigenvalue weighted by Crippen LogP contribution is -2.39. The predicted molar refractivity (Wildman–Crippen MR) is 93.6 cm³/mol. The minimum Gasteiger partial charge on any atom is -0.341 e. The average molecular weight is 328 g/mol. The Bertz CT molecular complexity index is 701. The van der Waals surface area contributed by atoms with E-state index in [-0.39, 0.29) is 5.91 Å². The molecule has 0 fully saturated rings. The number of urea groups is 1. The molecule has 0 aromatic heterocycles. The Morgan fingerprint density at radius 2 is 1.74 bits per heavy atom. The molecule has 0 spiro atoms. The molecule has 4 nitrogen and oxygen atoms in total. The van der Waals surface area contributed by atoms with Gasteiger partial charge < -0.3 is 5.32 Å². The number of hydrogen-bond acceptors (Lipinski definition) is 3. The van der Waals surface area contributed by atoms with E-state index in [4.69, 9.17) is 0 Å². The van der Waals surface area contributed by atoms with E-state index in [1.165, 1.54) is 24.4 Å². The number of amides is 3. The molecule has 0 heterocycles. The first kappa shape index (κ1) is 17.1. The molecule has 2 rings (SSSR count). The largest absolute Gasteiger partial charge is 0.341 e. The van der Waals surface area contributed by atoms with E-state index in [1.54, 1.807) is 0 Å². The number of imide groups is 1. The predicted octanol–water partition coefficient (Wildman–Crippen LogP) is 3.59. The summed E-state index contributed by atoms with van der Waals surface area (Å²) in [6, 6.07) is 15.1. The number of hydrogen-bond donors (Lipinski definition) is 2. The van der Waals surface area contributed by atoms with E-state index in [9.17, 15) is 9.59 Å². The van der Waals surface area contributed by atoms with Crippen molar-refractivity contribution in [2.24, 2.45) is 0 Å². The van der Waals surface area contributed by atoms with E-state index in [2.05, 4.69) is 16.7 Å². The molecule has 0 radical (unpaired) electrons. The molecule has 2 aromatic rings. The van der Waals surface area contributed by atoms with Gasteiger partial charge in [0.05, 0.1) is 0 Å². The van der Waals surface area contributed by atoms with Gasteiger partial charge in [0.2, 0.25) is 5.91 Å². The van der Waals surface area contributed by atoms with Crippen LogP contribution >= 0.6 is 11.8 Å². The van der Waals surface area contributed by atoms with Crippen LogP contribution in [0.4, 0.5) is 4.79 Å². The maximum atomic E-state index is 12.5. The molecule has 23 heavy (non-hydrogen) atoms. The number of aryl methyl sites for hydroxylation is 2. The molecule has 0 bridgehead atoms. The fourth-order valence-electron chi connectivity index (χ4n) is 2.20. The van der Waals surface area contributed by atoms with E-state index in [1.807, 2.05) is 56.3 Å². The summed E-state index contributed by atoms with van der Waals surface area (Å²) in [5.74, 6) is -0.333. The van der Waals surface area contributed by atoms with E-state index < -0.39 is 11.3 Å². The van der Waals surface area contributed by atoms with Crippen molar-refractivity contribution < 1.29 is 9.59 Å². The number of carbonyl (C=O) groups is 2. The van der Waals surface area contributed by atoms with Gasteiger partial charge in [-0.25, -0.2) is 4.79 Å². The highest BCUT2D eigenvalue weighted by molar-refractivity contribution is 8.00. The van der Waals surface area contributed by atoms with Crippen LogP contribution in [0.2, 0.25) is 0 Å². The summed E-state index contributed by atoms with van der Waals surface area (Å²) in [7, 11) is 1.48. The Labute approximate surface area is 140 Å². The number of benzene rings is 2. The Morgan fingerprint density at radius 1 is 1.04 bits per heavy atom. The zero-order valence-electron chi connectivity index (χ0n) is 13.4. The smallest absolute Gasteiger partial charge is 0.321 e. The van der Waals surface area contributed by atoms with Crippen molar-refractivity contribution in [3.8, 4) is 0 Å². The molecule has 2 aromatic carbocycles. The summed E-state index contributed by atoms with van der Waals surface area (Å²) in [4.78, 5) is 25.0. The summed E-state index contributed by atoms with van der Waals surface area (Å²) < 4.78 is 0. The van der Waals surface area contributed by atoms with Crippen LogP contribution in [-0.4, -0.2) is 19.0 Å². The first-order valence-electron chi connectivity index (χ1n) is 7.32. The number of carbonyl (C=O) groups excluding carboxylic acids is 2. The molecule has 0 aliphatic rings. The second kappa shape index (κ2) is 7.83. The van der Waals surface area contributed by atoms with E-state index in [0.29, 0.717) is 0 Å². The van der Waals surface area contributed by atoms with Crippen LogP contribution < -0.4 is 10.6 Å². The first-order valence-corrected chi connectivity index (χ1v) is 8.20. The monoisotopic (exact) mass is 328 g/mol. The van der Waals surface area contributed by atoms with E-state index >= 15 is 0 Å². The minimum absolute atomic E-state index is 0.333. The third-order valence-corrected chi connectivity index (χ3v) is 4.81. The van der Waals surface area contributed by atoms with Gasteiger partial charge in [0.1, 0.15) is 5.25 Å². The molecule has 0 aliphatic heterocycles. The van der Waals surface area contributed by atoms with Gasteiger partial charge in [-0.05, 0) is 31.0 Å². The first-order chi connectivity index (χ1) is 11.0. The molecule has 0 saturated carbocycles. The normalized spacial score (nSPS) is 11.6. The van der Waals surface area contributed by atoms with Crippen LogP contribution in [0.5, 0.6) is 0 Å². The molecule has 3 amide bonds. The van der Waals surface area contributed by atoms with Crippen molar-refractivity contribution in [3.05, 3.63) is 65.2 Å². The zero-order valence-corrected chi connectivity index (χ0v) is 14.2. The van der Waals surface area contributed by atoms with Crippen molar-refractivity contribution >= 4 is 23.7 Å². The van der Waals surface area contributed by atoms with E-state index in [0.717, 1.165) is 16.0 Å². The minimum atomic E-state index is -0.503. The van der Waals surface area contributed by atoms with Gasteiger partial charge >= 0.3 is 6.03 Å². The maximum absolute atomic E-state index is 12.5. The fraction of sp³-hybridized carbons (Fsp3) is 0.222. The Balaban J connectivity index is 2.30. The standard InChI is InChI=1S/C18H20N2O2S/c1-12-9-10-15(13(2)11-12)23-16(14-7-5-4-6-8-14)17(21)20-18(22)19-3/h4-11,16H,1-3H3,(H2,19,20,21,22)/t16-/m0/s1. The van der Waals surface area contributed by atoms with Crippen molar-refractivity contribution in [3.63, 3.8) is 0 Å². The molecule has 5 heteroatoms. The maximum Gasteiger partial charge on any atom is 0.321 e. The van der Waals surface area contributed by atoms with Gasteiger partial charge in [0.15, 0.2) is 0 Å². The van der Waals surface area contributed by atoms with Crippen molar-refractivity contribution in [2.75, 3.05) is 7.05 Å². The van der Waals surface area contributed by atoms with Gasteiger partial charge in [-0.15, -0.1) is 11.8 Å². The Morgan fingerprint density at radius 3 is 2.35 bits per heavy atom. The summed E-state index contributed by atoms with van der Waals surface area (Å²) in [5.41, 5.74) is 3.15. The van der Waals surface area contributed by atoms with Crippen LogP contribution in [0.1, 0.15) is 21.9 Å². The molecular formula is C18H20N2O2S. The average Bonchev–Trinajstić information content (AvgIpc) is 2.54. The van der Waals surface area contributed by atoms with Gasteiger partial charge in [0.25, 0.3) is 0 Å². The molecule has 0 saturated heterocycles. The van der Waals surface area contributed by atoms with Crippen LogP contribution in [0.25, 0.3) is 0 Å². The van der Waals surface area contributed by atoms with Gasteiger partial charge in [0, 0.05) is 11.9 Å². The molecule has 1 atom stereocenters. The highest BCUT2D eigenvalue weighted by Crippen LogP contribution is 2.37. The van der Waals surface area contributed by atoms with Gasteiger partial charge in [-0.2, -0.15) is 0 Å². The van der Waals surface area contributed by atoms with Crippen LogP contribution in [-0.2, 0) is 4.79 Å².